The molecular weight excluding hydrogens is 248 g/mol. The highest BCUT2D eigenvalue weighted by Gasteiger charge is 2.29. The summed E-state index contributed by atoms with van der Waals surface area (Å²) in [5.41, 5.74) is 0.133. The van der Waals surface area contributed by atoms with E-state index in [1.54, 1.807) is 0 Å². The van der Waals surface area contributed by atoms with E-state index in [-0.39, 0.29) is 5.54 Å². The summed E-state index contributed by atoms with van der Waals surface area (Å²) in [5.74, 6) is 1.75. The molecule has 0 bridgehead atoms. The van der Waals surface area contributed by atoms with E-state index < -0.39 is 0 Å². The molecule has 0 radical (unpaired) electrons. The molecule has 0 aromatic carbocycles. The van der Waals surface area contributed by atoms with E-state index in [4.69, 9.17) is 4.99 Å². The molecule has 1 saturated heterocycles. The predicted octanol–water partition coefficient (Wildman–Crippen LogP) is 2.46. The Hall–Kier alpha value is -0.770. The third-order valence-electron chi connectivity index (χ3n) is 3.91. The van der Waals surface area contributed by atoms with Crippen LogP contribution in [0, 0.1) is 5.92 Å². The van der Waals surface area contributed by atoms with Gasteiger partial charge in [0.2, 0.25) is 0 Å². The van der Waals surface area contributed by atoms with Gasteiger partial charge in [-0.3, -0.25) is 9.89 Å². The molecule has 1 aliphatic heterocycles. The van der Waals surface area contributed by atoms with Crippen LogP contribution in [-0.2, 0) is 0 Å². The minimum atomic E-state index is 0.133. The lowest BCUT2D eigenvalue weighted by molar-refractivity contribution is 0.0774. The van der Waals surface area contributed by atoms with Crippen molar-refractivity contribution < 1.29 is 0 Å². The molecule has 0 saturated carbocycles. The average Bonchev–Trinajstić information content (AvgIpc) is 2.36. The molecule has 1 heterocycles. The summed E-state index contributed by atoms with van der Waals surface area (Å²) >= 11 is 0. The molecule has 0 amide bonds. The van der Waals surface area contributed by atoms with Crippen molar-refractivity contribution in [2.45, 2.75) is 66.0 Å². The normalized spacial score (nSPS) is 22.1. The molecule has 0 aliphatic carbocycles. The van der Waals surface area contributed by atoms with Gasteiger partial charge in [0.05, 0.1) is 6.54 Å². The molecule has 1 aliphatic rings. The van der Waals surface area contributed by atoms with Crippen molar-refractivity contribution >= 4 is 5.96 Å². The second kappa shape index (κ2) is 7.87. The Morgan fingerprint density at radius 1 is 1.40 bits per heavy atom. The van der Waals surface area contributed by atoms with Gasteiger partial charge < -0.3 is 10.6 Å². The zero-order valence-electron chi connectivity index (χ0n) is 14.3. The van der Waals surface area contributed by atoms with Gasteiger partial charge in [-0.25, -0.2) is 0 Å². The molecule has 2 N–H and O–H groups in total. The summed E-state index contributed by atoms with van der Waals surface area (Å²) in [6.07, 6.45) is 2.69. The van der Waals surface area contributed by atoms with Gasteiger partial charge in [0.15, 0.2) is 5.96 Å². The largest absolute Gasteiger partial charge is 0.357 e. The van der Waals surface area contributed by atoms with Crippen LogP contribution in [-0.4, -0.2) is 48.6 Å². The Labute approximate surface area is 125 Å². The van der Waals surface area contributed by atoms with E-state index in [2.05, 4.69) is 57.1 Å². The SMILES string of the molecule is CCNC(=NCC(C)(C)N1CCCC(C)C1)NC(C)C. The fourth-order valence-corrected chi connectivity index (χ4v) is 2.71. The second-order valence-electron chi connectivity index (χ2n) is 7.00. The van der Waals surface area contributed by atoms with E-state index in [1.165, 1.54) is 25.9 Å². The number of hydrogen-bond acceptors (Lipinski definition) is 2. The van der Waals surface area contributed by atoms with Crippen molar-refractivity contribution in [3.63, 3.8) is 0 Å². The van der Waals surface area contributed by atoms with Gasteiger partial charge in [0.25, 0.3) is 0 Å². The lowest BCUT2D eigenvalue weighted by Crippen LogP contribution is -2.51. The molecule has 118 valence electrons. The number of piperidine rings is 1. The number of nitrogens with one attached hydrogen (secondary N) is 2. The zero-order chi connectivity index (χ0) is 15.2. The monoisotopic (exact) mass is 282 g/mol. The number of hydrogen-bond donors (Lipinski definition) is 2. The van der Waals surface area contributed by atoms with Gasteiger partial charge in [-0.1, -0.05) is 6.92 Å². The smallest absolute Gasteiger partial charge is 0.191 e. The van der Waals surface area contributed by atoms with E-state index in [0.29, 0.717) is 6.04 Å². The van der Waals surface area contributed by atoms with Gasteiger partial charge >= 0.3 is 0 Å². The maximum absolute atomic E-state index is 4.78. The number of guanidine groups is 1. The van der Waals surface area contributed by atoms with Crippen LogP contribution in [0.15, 0.2) is 4.99 Å². The van der Waals surface area contributed by atoms with E-state index in [1.807, 2.05) is 0 Å². The van der Waals surface area contributed by atoms with Crippen molar-refractivity contribution in [3.05, 3.63) is 0 Å². The first-order valence-corrected chi connectivity index (χ1v) is 8.15. The topological polar surface area (TPSA) is 39.7 Å². The zero-order valence-corrected chi connectivity index (χ0v) is 14.3. The number of aliphatic imine (C=N–C) groups is 1. The fourth-order valence-electron chi connectivity index (χ4n) is 2.71. The number of nitrogens with zero attached hydrogens (tertiary/aromatic N) is 2. The fraction of sp³-hybridized carbons (Fsp3) is 0.938. The van der Waals surface area contributed by atoms with Gasteiger partial charge in [-0.15, -0.1) is 0 Å². The van der Waals surface area contributed by atoms with E-state index in [0.717, 1.165) is 25.0 Å². The van der Waals surface area contributed by atoms with Crippen LogP contribution in [0.4, 0.5) is 0 Å². The second-order valence-corrected chi connectivity index (χ2v) is 7.00. The van der Waals surface area contributed by atoms with Crippen LogP contribution in [0.1, 0.15) is 54.4 Å². The quantitative estimate of drug-likeness (QED) is 0.601. The molecule has 0 aromatic heterocycles. The molecule has 4 heteroatoms. The minimum Gasteiger partial charge on any atom is -0.357 e. The van der Waals surface area contributed by atoms with Crippen LogP contribution in [0.3, 0.4) is 0 Å². The summed E-state index contributed by atoms with van der Waals surface area (Å²) < 4.78 is 0. The summed E-state index contributed by atoms with van der Waals surface area (Å²) in [6, 6.07) is 0.408. The molecule has 1 rings (SSSR count). The molecule has 0 spiro atoms. The lowest BCUT2D eigenvalue weighted by Gasteiger charge is -2.42. The Balaban J connectivity index is 2.62. The van der Waals surface area contributed by atoms with E-state index >= 15 is 0 Å². The van der Waals surface area contributed by atoms with Gasteiger partial charge in [-0.05, 0) is 59.9 Å². The van der Waals surface area contributed by atoms with Crippen LogP contribution in [0.5, 0.6) is 0 Å². The number of likely N-dealkylation sites (tertiary alicyclic amines) is 1. The maximum atomic E-state index is 4.78. The predicted molar refractivity (Wildman–Crippen MR) is 88.3 cm³/mol. The first kappa shape index (κ1) is 17.3. The summed E-state index contributed by atoms with van der Waals surface area (Å²) in [7, 11) is 0. The highest BCUT2D eigenvalue weighted by molar-refractivity contribution is 5.80. The minimum absolute atomic E-state index is 0.133. The molecule has 1 unspecified atom stereocenters. The highest BCUT2D eigenvalue weighted by atomic mass is 15.2. The Bertz CT molecular complexity index is 310. The van der Waals surface area contributed by atoms with E-state index in [9.17, 15) is 0 Å². The lowest BCUT2D eigenvalue weighted by atomic mass is 9.94. The van der Waals surface area contributed by atoms with Gasteiger partial charge in [0, 0.05) is 24.7 Å². The van der Waals surface area contributed by atoms with Gasteiger partial charge in [0.1, 0.15) is 0 Å². The van der Waals surface area contributed by atoms with Crippen LogP contribution < -0.4 is 10.6 Å². The average molecular weight is 282 g/mol. The molecule has 1 fully saturated rings. The molecular formula is C16H34N4. The first-order valence-electron chi connectivity index (χ1n) is 8.15. The van der Waals surface area contributed by atoms with Crippen molar-refractivity contribution in [1.82, 2.24) is 15.5 Å². The molecule has 0 aromatic rings. The summed E-state index contributed by atoms with van der Waals surface area (Å²) in [5, 5.41) is 6.70. The van der Waals surface area contributed by atoms with Crippen LogP contribution in [0.25, 0.3) is 0 Å². The van der Waals surface area contributed by atoms with Gasteiger partial charge in [-0.2, -0.15) is 0 Å². The van der Waals surface area contributed by atoms with Crippen molar-refractivity contribution in [2.75, 3.05) is 26.2 Å². The third kappa shape index (κ3) is 5.70. The Kier molecular flexibility index (Phi) is 6.80. The van der Waals surface area contributed by atoms with Crippen molar-refractivity contribution in [3.8, 4) is 0 Å². The third-order valence-corrected chi connectivity index (χ3v) is 3.91. The maximum Gasteiger partial charge on any atom is 0.191 e. The highest BCUT2D eigenvalue weighted by Crippen LogP contribution is 2.23. The van der Waals surface area contributed by atoms with Crippen molar-refractivity contribution in [1.29, 1.82) is 0 Å². The Morgan fingerprint density at radius 2 is 2.10 bits per heavy atom. The molecule has 20 heavy (non-hydrogen) atoms. The molecule has 4 nitrogen and oxygen atoms in total. The Morgan fingerprint density at radius 3 is 2.65 bits per heavy atom. The standard InChI is InChI=1S/C16H34N4/c1-7-17-15(19-13(2)3)18-12-16(5,6)20-10-8-9-14(4)11-20/h13-14H,7-12H2,1-6H3,(H2,17,18,19). The number of rotatable bonds is 5. The molecule has 1 atom stereocenters. The first-order chi connectivity index (χ1) is 9.35. The summed E-state index contributed by atoms with van der Waals surface area (Å²) in [4.78, 5) is 7.38. The van der Waals surface area contributed by atoms with Crippen LogP contribution in [0.2, 0.25) is 0 Å². The summed E-state index contributed by atoms with van der Waals surface area (Å²) in [6.45, 7) is 17.5. The van der Waals surface area contributed by atoms with Crippen molar-refractivity contribution in [2.24, 2.45) is 10.9 Å². The van der Waals surface area contributed by atoms with Crippen LogP contribution >= 0.6 is 0 Å².